The summed E-state index contributed by atoms with van der Waals surface area (Å²) in [5.74, 6) is 0.110. The molecule has 0 saturated carbocycles. The molecule has 3 heteroatoms. The lowest BCUT2D eigenvalue weighted by Gasteiger charge is -2.22. The zero-order valence-electron chi connectivity index (χ0n) is 12.4. The predicted molar refractivity (Wildman–Crippen MR) is 85.5 cm³/mol. The van der Waals surface area contributed by atoms with Gasteiger partial charge in [0.25, 0.3) is 0 Å². The van der Waals surface area contributed by atoms with Gasteiger partial charge in [-0.1, -0.05) is 42.0 Å². The lowest BCUT2D eigenvalue weighted by atomic mass is 9.93. The van der Waals surface area contributed by atoms with E-state index in [9.17, 15) is 4.79 Å². The Labute approximate surface area is 125 Å². The quantitative estimate of drug-likeness (QED) is 0.906. The van der Waals surface area contributed by atoms with Crippen molar-refractivity contribution in [1.29, 1.82) is 0 Å². The van der Waals surface area contributed by atoms with Crippen molar-refractivity contribution in [2.75, 3.05) is 12.4 Å². The van der Waals surface area contributed by atoms with E-state index in [0.29, 0.717) is 6.42 Å². The summed E-state index contributed by atoms with van der Waals surface area (Å²) in [5.41, 5.74) is 5.93. The summed E-state index contributed by atoms with van der Waals surface area (Å²) in [5, 5.41) is 6.31. The molecule has 1 unspecified atom stereocenters. The van der Waals surface area contributed by atoms with Crippen molar-refractivity contribution in [3.63, 3.8) is 0 Å². The largest absolute Gasteiger partial charge is 0.326 e. The molecule has 2 aromatic rings. The second-order valence-corrected chi connectivity index (χ2v) is 5.60. The minimum Gasteiger partial charge on any atom is -0.326 e. The van der Waals surface area contributed by atoms with Crippen molar-refractivity contribution in [3.8, 4) is 0 Å². The molecule has 0 saturated heterocycles. The molecule has 3 rings (SSSR count). The zero-order valence-corrected chi connectivity index (χ0v) is 12.4. The summed E-state index contributed by atoms with van der Waals surface area (Å²) >= 11 is 0. The predicted octanol–water partition coefficient (Wildman–Crippen LogP) is 3.19. The minimum atomic E-state index is 0.110. The fraction of sp³-hybridized carbons (Fsp3) is 0.278. The van der Waals surface area contributed by atoms with Crippen molar-refractivity contribution < 1.29 is 4.79 Å². The molecule has 2 aromatic carbocycles. The molecule has 1 heterocycles. The van der Waals surface area contributed by atoms with Crippen molar-refractivity contribution >= 4 is 11.6 Å². The van der Waals surface area contributed by atoms with Gasteiger partial charge in [0.15, 0.2) is 0 Å². The van der Waals surface area contributed by atoms with Crippen LogP contribution in [0, 0.1) is 6.92 Å². The Morgan fingerprint density at radius 1 is 1.05 bits per heavy atom. The number of carbonyl (C=O) groups is 1. The number of benzene rings is 2. The van der Waals surface area contributed by atoms with E-state index in [1.807, 2.05) is 13.1 Å². The van der Waals surface area contributed by atoms with Gasteiger partial charge in [0.2, 0.25) is 5.91 Å². The third-order valence-corrected chi connectivity index (χ3v) is 4.06. The number of hydrogen-bond donors (Lipinski definition) is 2. The van der Waals surface area contributed by atoms with Gasteiger partial charge in [-0.25, -0.2) is 0 Å². The maximum absolute atomic E-state index is 11.4. The topological polar surface area (TPSA) is 41.1 Å². The average molecular weight is 280 g/mol. The second-order valence-electron chi connectivity index (χ2n) is 5.60. The Morgan fingerprint density at radius 2 is 1.76 bits per heavy atom. The molecule has 1 aliphatic heterocycles. The molecule has 0 aliphatic carbocycles. The SMILES string of the molecule is CNC(c1ccc(C)cc1)c1ccc2c(c1)CCC(=O)N2. The van der Waals surface area contributed by atoms with Crippen LogP contribution in [0.25, 0.3) is 0 Å². The third-order valence-electron chi connectivity index (χ3n) is 4.06. The van der Waals surface area contributed by atoms with Gasteiger partial charge in [-0.2, -0.15) is 0 Å². The number of fused-ring (bicyclic) bond motifs is 1. The van der Waals surface area contributed by atoms with Crippen LogP contribution >= 0.6 is 0 Å². The van der Waals surface area contributed by atoms with Crippen LogP contribution in [0.15, 0.2) is 42.5 Å². The smallest absolute Gasteiger partial charge is 0.224 e. The first kappa shape index (κ1) is 13.8. The van der Waals surface area contributed by atoms with E-state index in [2.05, 4.69) is 54.0 Å². The third kappa shape index (κ3) is 2.83. The van der Waals surface area contributed by atoms with Crippen LogP contribution in [0.5, 0.6) is 0 Å². The highest BCUT2D eigenvalue weighted by molar-refractivity contribution is 5.93. The molecule has 2 N–H and O–H groups in total. The number of rotatable bonds is 3. The maximum Gasteiger partial charge on any atom is 0.224 e. The number of aryl methyl sites for hydroxylation is 2. The number of amides is 1. The average Bonchev–Trinajstić information content (AvgIpc) is 2.50. The zero-order chi connectivity index (χ0) is 14.8. The summed E-state index contributed by atoms with van der Waals surface area (Å²) < 4.78 is 0. The Kier molecular flexibility index (Phi) is 3.76. The van der Waals surface area contributed by atoms with Crippen LogP contribution in [0.1, 0.15) is 34.7 Å². The maximum atomic E-state index is 11.4. The summed E-state index contributed by atoms with van der Waals surface area (Å²) in [4.78, 5) is 11.4. The lowest BCUT2D eigenvalue weighted by molar-refractivity contribution is -0.116. The number of hydrogen-bond acceptors (Lipinski definition) is 2. The molecule has 108 valence electrons. The van der Waals surface area contributed by atoms with Crippen LogP contribution in [0.4, 0.5) is 5.69 Å². The summed E-state index contributed by atoms with van der Waals surface area (Å²) in [6, 6.07) is 15.1. The molecule has 0 bridgehead atoms. The molecule has 0 aromatic heterocycles. The molecule has 3 nitrogen and oxygen atoms in total. The van der Waals surface area contributed by atoms with Gasteiger partial charge in [-0.15, -0.1) is 0 Å². The van der Waals surface area contributed by atoms with Gasteiger partial charge in [0, 0.05) is 12.1 Å². The first-order valence-electron chi connectivity index (χ1n) is 7.34. The number of nitrogens with one attached hydrogen (secondary N) is 2. The Balaban J connectivity index is 1.94. The van der Waals surface area contributed by atoms with Crippen LogP contribution in [-0.2, 0) is 11.2 Å². The van der Waals surface area contributed by atoms with Crippen molar-refractivity contribution in [2.45, 2.75) is 25.8 Å². The second kappa shape index (κ2) is 5.70. The van der Waals surface area contributed by atoms with Crippen molar-refractivity contribution in [2.24, 2.45) is 0 Å². The molecule has 0 fully saturated rings. The molecular weight excluding hydrogens is 260 g/mol. The van der Waals surface area contributed by atoms with Gasteiger partial charge >= 0.3 is 0 Å². The first-order chi connectivity index (χ1) is 10.2. The number of anilines is 1. The van der Waals surface area contributed by atoms with Crippen molar-refractivity contribution in [1.82, 2.24) is 5.32 Å². The lowest BCUT2D eigenvalue weighted by Crippen LogP contribution is -2.21. The van der Waals surface area contributed by atoms with Gasteiger partial charge in [-0.05, 0) is 43.1 Å². The van der Waals surface area contributed by atoms with E-state index in [1.54, 1.807) is 0 Å². The Morgan fingerprint density at radius 3 is 2.48 bits per heavy atom. The minimum absolute atomic E-state index is 0.110. The summed E-state index contributed by atoms with van der Waals surface area (Å²) in [7, 11) is 1.98. The Hall–Kier alpha value is -2.13. The fourth-order valence-electron chi connectivity index (χ4n) is 2.87. The monoisotopic (exact) mass is 280 g/mol. The van der Waals surface area contributed by atoms with E-state index >= 15 is 0 Å². The van der Waals surface area contributed by atoms with Gasteiger partial charge in [-0.3, -0.25) is 4.79 Å². The van der Waals surface area contributed by atoms with Gasteiger partial charge < -0.3 is 10.6 Å². The molecule has 1 atom stereocenters. The molecule has 1 amide bonds. The summed E-state index contributed by atoms with van der Waals surface area (Å²) in [6.07, 6.45) is 1.39. The van der Waals surface area contributed by atoms with Crippen LogP contribution in [0.3, 0.4) is 0 Å². The van der Waals surface area contributed by atoms with Crippen LogP contribution in [-0.4, -0.2) is 13.0 Å². The molecule has 0 spiro atoms. The molecule has 21 heavy (non-hydrogen) atoms. The standard InChI is InChI=1S/C18H20N2O/c1-12-3-5-13(6-4-12)18(19-2)15-7-9-16-14(11-15)8-10-17(21)20-16/h3-7,9,11,18-19H,8,10H2,1-2H3,(H,20,21). The van der Waals surface area contributed by atoms with Crippen LogP contribution in [0.2, 0.25) is 0 Å². The molecular formula is C18H20N2O. The normalized spacial score (nSPS) is 15.2. The first-order valence-corrected chi connectivity index (χ1v) is 7.34. The van der Waals surface area contributed by atoms with Crippen molar-refractivity contribution in [3.05, 3.63) is 64.7 Å². The fourth-order valence-corrected chi connectivity index (χ4v) is 2.87. The van der Waals surface area contributed by atoms with E-state index in [1.165, 1.54) is 22.3 Å². The van der Waals surface area contributed by atoms with E-state index in [4.69, 9.17) is 0 Å². The summed E-state index contributed by atoms with van der Waals surface area (Å²) in [6.45, 7) is 2.10. The van der Waals surface area contributed by atoms with E-state index in [-0.39, 0.29) is 11.9 Å². The van der Waals surface area contributed by atoms with Crippen LogP contribution < -0.4 is 10.6 Å². The molecule has 0 radical (unpaired) electrons. The Bertz CT molecular complexity index is 661. The van der Waals surface area contributed by atoms with Gasteiger partial charge in [0.05, 0.1) is 6.04 Å². The molecule has 1 aliphatic rings. The number of carbonyl (C=O) groups excluding carboxylic acids is 1. The van der Waals surface area contributed by atoms with E-state index < -0.39 is 0 Å². The van der Waals surface area contributed by atoms with E-state index in [0.717, 1.165) is 12.1 Å². The highest BCUT2D eigenvalue weighted by Gasteiger charge is 2.18. The highest BCUT2D eigenvalue weighted by Crippen LogP contribution is 2.29. The highest BCUT2D eigenvalue weighted by atomic mass is 16.1. The van der Waals surface area contributed by atoms with Gasteiger partial charge in [0.1, 0.15) is 0 Å².